The summed E-state index contributed by atoms with van der Waals surface area (Å²) in [6, 6.07) is 20.4. The highest BCUT2D eigenvalue weighted by Crippen LogP contribution is 2.40. The summed E-state index contributed by atoms with van der Waals surface area (Å²) in [5.74, 6) is -0.190. The molecule has 0 amide bonds. The molecule has 0 aromatic heterocycles. The summed E-state index contributed by atoms with van der Waals surface area (Å²) in [5.41, 5.74) is 11.3. The number of ether oxygens (including phenoxy) is 2. The van der Waals surface area contributed by atoms with Gasteiger partial charge in [-0.15, -0.1) is 0 Å². The van der Waals surface area contributed by atoms with Crippen LogP contribution in [0.4, 0.5) is 0 Å². The van der Waals surface area contributed by atoms with E-state index in [-0.39, 0.29) is 17.6 Å². The van der Waals surface area contributed by atoms with Crippen molar-refractivity contribution >= 4 is 17.7 Å². The molecule has 6 heteroatoms. The van der Waals surface area contributed by atoms with Crippen molar-refractivity contribution in [1.29, 1.82) is 0 Å². The number of rotatable bonds is 8. The fourth-order valence-electron chi connectivity index (χ4n) is 4.07. The van der Waals surface area contributed by atoms with Gasteiger partial charge in [-0.1, -0.05) is 67.1 Å². The van der Waals surface area contributed by atoms with Crippen LogP contribution in [0.1, 0.15) is 55.6 Å². The molecule has 0 aliphatic heterocycles. The molecule has 1 fully saturated rings. The molecule has 0 saturated heterocycles. The summed E-state index contributed by atoms with van der Waals surface area (Å²) in [4.78, 5) is 25.6. The average molecular weight is 437 g/mol. The molecule has 0 spiro atoms. The van der Waals surface area contributed by atoms with Crippen LogP contribution in [0, 0.1) is 5.92 Å². The first kappa shape index (κ1) is 25.0. The lowest BCUT2D eigenvalue weighted by Crippen LogP contribution is -2.18. The topological polar surface area (TPSA) is 89.0 Å². The van der Waals surface area contributed by atoms with Crippen LogP contribution in [0.3, 0.4) is 0 Å². The summed E-state index contributed by atoms with van der Waals surface area (Å²) in [6.45, 7) is 0. The van der Waals surface area contributed by atoms with E-state index in [9.17, 15) is 9.59 Å². The standard InChI is InChI=1S/C13H16N2O2.C13H16O2/c1-17-13(16)12(15-14)10-6-5-9-11-7-3-2-4-8-11;1-15-13(14)12-9-5-8-11(12)10-6-3-2-4-7-10/h2-4,7-8H,5-6,9-10H2,1H3;2-4,6-7,11-12H,5,8-9H2,1H3/t;11-,12-/m.0/s1. The Hall–Kier alpha value is -3.24. The molecule has 2 aromatic carbocycles. The molecule has 2 aromatic rings. The molecular weight excluding hydrogens is 404 g/mol. The molecule has 0 heterocycles. The van der Waals surface area contributed by atoms with Crippen molar-refractivity contribution in [3.63, 3.8) is 0 Å². The summed E-state index contributed by atoms with van der Waals surface area (Å²) < 4.78 is 9.34. The van der Waals surface area contributed by atoms with Crippen LogP contribution < -0.4 is 0 Å². The maximum absolute atomic E-state index is 11.6. The predicted molar refractivity (Wildman–Crippen MR) is 123 cm³/mol. The largest absolute Gasteiger partial charge is 0.469 e. The number of carbonyl (C=O) groups is 2. The number of benzene rings is 2. The second kappa shape index (κ2) is 13.9. The molecule has 6 nitrogen and oxygen atoms in total. The first-order valence-electron chi connectivity index (χ1n) is 11.1. The van der Waals surface area contributed by atoms with Crippen molar-refractivity contribution in [2.45, 2.75) is 50.9 Å². The number of methoxy groups -OCH3 is 2. The van der Waals surface area contributed by atoms with Gasteiger partial charge in [0.2, 0.25) is 0 Å². The van der Waals surface area contributed by atoms with E-state index in [4.69, 9.17) is 10.3 Å². The van der Waals surface area contributed by atoms with Gasteiger partial charge in [-0.3, -0.25) is 4.79 Å². The Kier molecular flexibility index (Phi) is 10.9. The van der Waals surface area contributed by atoms with Crippen molar-refractivity contribution in [2.75, 3.05) is 14.2 Å². The third-order valence-corrected chi connectivity index (χ3v) is 5.76. The predicted octanol–water partition coefficient (Wildman–Crippen LogP) is 4.99. The Balaban J connectivity index is 0.000000228. The van der Waals surface area contributed by atoms with Crippen molar-refractivity contribution in [3.05, 3.63) is 77.3 Å². The lowest BCUT2D eigenvalue weighted by molar-refractivity contribution is -0.145. The zero-order chi connectivity index (χ0) is 23.2. The van der Waals surface area contributed by atoms with E-state index in [1.807, 2.05) is 36.4 Å². The summed E-state index contributed by atoms with van der Waals surface area (Å²) in [7, 11) is 2.75. The lowest BCUT2D eigenvalue weighted by Gasteiger charge is -2.17. The molecule has 0 radical (unpaired) electrons. The smallest absolute Gasteiger partial charge is 0.416 e. The molecule has 32 heavy (non-hydrogen) atoms. The van der Waals surface area contributed by atoms with Gasteiger partial charge in [-0.05, 0) is 49.1 Å². The quantitative estimate of drug-likeness (QED) is 0.192. The maximum Gasteiger partial charge on any atom is 0.416 e. The average Bonchev–Trinajstić information content (AvgIpc) is 3.35. The molecule has 2 atom stereocenters. The minimum Gasteiger partial charge on any atom is -0.469 e. The first-order chi connectivity index (χ1) is 15.6. The first-order valence-corrected chi connectivity index (χ1v) is 11.1. The Labute approximate surface area is 190 Å². The van der Waals surface area contributed by atoms with E-state index in [2.05, 4.69) is 33.8 Å². The van der Waals surface area contributed by atoms with Crippen LogP contribution in [0.25, 0.3) is 5.53 Å². The van der Waals surface area contributed by atoms with Crippen molar-refractivity contribution < 1.29 is 23.9 Å². The van der Waals surface area contributed by atoms with Gasteiger partial charge < -0.3 is 15.0 Å². The van der Waals surface area contributed by atoms with Gasteiger partial charge in [0.25, 0.3) is 0 Å². The SMILES string of the molecule is COC(=O)C(CCCCc1ccccc1)=[N+]=[N-].COC(=O)[C@H]1CCC[C@H]1c1ccccc1. The van der Waals surface area contributed by atoms with Gasteiger partial charge in [0.1, 0.15) is 0 Å². The van der Waals surface area contributed by atoms with Crippen LogP contribution in [0.15, 0.2) is 60.7 Å². The number of hydrogen-bond donors (Lipinski definition) is 0. The van der Waals surface area contributed by atoms with Crippen LogP contribution in [-0.4, -0.2) is 36.7 Å². The van der Waals surface area contributed by atoms with E-state index < -0.39 is 5.97 Å². The zero-order valence-corrected chi connectivity index (χ0v) is 18.9. The third kappa shape index (κ3) is 7.78. The molecule has 0 N–H and O–H groups in total. The number of aryl methyl sites for hydroxylation is 1. The fourth-order valence-corrected chi connectivity index (χ4v) is 4.07. The van der Waals surface area contributed by atoms with Gasteiger partial charge in [-0.25, -0.2) is 4.79 Å². The second-order valence-corrected chi connectivity index (χ2v) is 7.81. The van der Waals surface area contributed by atoms with Crippen molar-refractivity contribution in [2.24, 2.45) is 5.92 Å². The highest BCUT2D eigenvalue weighted by atomic mass is 16.5. The third-order valence-electron chi connectivity index (χ3n) is 5.76. The number of hydrogen-bond acceptors (Lipinski definition) is 4. The summed E-state index contributed by atoms with van der Waals surface area (Å²) in [5, 5.41) is 0. The summed E-state index contributed by atoms with van der Waals surface area (Å²) in [6.07, 6.45) is 6.33. The molecule has 1 aliphatic carbocycles. The lowest BCUT2D eigenvalue weighted by atomic mass is 9.89. The van der Waals surface area contributed by atoms with Gasteiger partial charge in [0, 0.05) is 0 Å². The van der Waals surface area contributed by atoms with E-state index in [1.54, 1.807) is 0 Å². The van der Waals surface area contributed by atoms with Gasteiger partial charge in [-0.2, -0.15) is 4.79 Å². The van der Waals surface area contributed by atoms with E-state index in [1.165, 1.54) is 25.3 Å². The summed E-state index contributed by atoms with van der Waals surface area (Å²) >= 11 is 0. The van der Waals surface area contributed by atoms with Gasteiger partial charge >= 0.3 is 17.7 Å². The second-order valence-electron chi connectivity index (χ2n) is 7.81. The Morgan fingerprint density at radius 3 is 2.19 bits per heavy atom. The number of nitrogens with zero attached hydrogens (tertiary/aromatic N) is 2. The van der Waals surface area contributed by atoms with Gasteiger partial charge in [0.05, 0.1) is 26.6 Å². The van der Waals surface area contributed by atoms with Crippen molar-refractivity contribution in [3.8, 4) is 0 Å². The van der Waals surface area contributed by atoms with Crippen LogP contribution in [0.5, 0.6) is 0 Å². The monoisotopic (exact) mass is 436 g/mol. The highest BCUT2D eigenvalue weighted by molar-refractivity contribution is 6.33. The minimum absolute atomic E-state index is 0.0543. The molecule has 0 unspecified atom stereocenters. The van der Waals surface area contributed by atoms with E-state index >= 15 is 0 Å². The highest BCUT2D eigenvalue weighted by Gasteiger charge is 2.34. The number of unbranched alkanes of at least 4 members (excludes halogenated alkanes) is 1. The zero-order valence-electron chi connectivity index (χ0n) is 18.9. The Morgan fingerprint density at radius 1 is 0.938 bits per heavy atom. The van der Waals surface area contributed by atoms with Gasteiger partial charge in [0.15, 0.2) is 0 Å². The van der Waals surface area contributed by atoms with Crippen molar-refractivity contribution in [1.82, 2.24) is 0 Å². The Bertz CT molecular complexity index is 893. The van der Waals surface area contributed by atoms with Crippen LogP contribution >= 0.6 is 0 Å². The molecule has 0 bridgehead atoms. The van der Waals surface area contributed by atoms with E-state index in [0.717, 1.165) is 38.5 Å². The molecule has 3 rings (SSSR count). The molecule has 1 aliphatic rings. The molecule has 170 valence electrons. The minimum atomic E-state index is -0.563. The number of carbonyl (C=O) groups excluding carboxylic acids is 2. The molecular formula is C26H32N2O4. The maximum atomic E-state index is 11.6. The van der Waals surface area contributed by atoms with Crippen LogP contribution in [-0.2, 0) is 25.5 Å². The Morgan fingerprint density at radius 2 is 1.59 bits per heavy atom. The fraction of sp³-hybridized carbons (Fsp3) is 0.423. The number of esters is 2. The normalized spacial score (nSPS) is 16.8. The van der Waals surface area contributed by atoms with Crippen LogP contribution in [0.2, 0.25) is 0 Å². The molecule has 1 saturated carbocycles. The van der Waals surface area contributed by atoms with E-state index in [0.29, 0.717) is 12.3 Å².